The van der Waals surface area contributed by atoms with Crippen LogP contribution >= 0.6 is 0 Å². The van der Waals surface area contributed by atoms with Crippen molar-refractivity contribution in [1.82, 2.24) is 35.8 Å². The molecule has 0 radical (unpaired) electrons. The van der Waals surface area contributed by atoms with Gasteiger partial charge in [-0.1, -0.05) is 0 Å². The molecule has 11 rings (SSSR count). The van der Waals surface area contributed by atoms with Gasteiger partial charge in [0.2, 0.25) is 0 Å². The van der Waals surface area contributed by atoms with Crippen LogP contribution in [-0.2, 0) is 0 Å². The standard InChI is InChI=1S/C53H33N7Se/c1-6-17-34(18-7-1)39-27-16-28-40-47-50(51-49(43-30-32-56-60-58-43)44(36-21-10-3-11-22-36)41(33-54-51)35-19-8-2-9-20-35)45(37-23-12-4-13-24-37)48(42-29-31-55-59-57-42)46(53(47)61-52(39)40)38-25-14-5-15-26-38/h1-33H. The Hall–Kier alpha value is -7.77. The van der Waals surface area contributed by atoms with E-state index in [1.54, 1.807) is 12.4 Å². The summed E-state index contributed by atoms with van der Waals surface area (Å²) in [5.74, 6) is 0. The van der Waals surface area contributed by atoms with Crippen molar-refractivity contribution >= 4 is 33.8 Å². The van der Waals surface area contributed by atoms with Gasteiger partial charge in [-0.2, -0.15) is 0 Å². The van der Waals surface area contributed by atoms with Crippen molar-refractivity contribution in [3.63, 3.8) is 0 Å². The van der Waals surface area contributed by atoms with Crippen LogP contribution in [0.4, 0.5) is 0 Å². The molecule has 0 spiro atoms. The molecule has 4 heterocycles. The van der Waals surface area contributed by atoms with Gasteiger partial charge in [0, 0.05) is 0 Å². The summed E-state index contributed by atoms with van der Waals surface area (Å²) in [6, 6.07) is 63.7. The number of rotatable bonds is 8. The predicted molar refractivity (Wildman–Crippen MR) is 246 cm³/mol. The first kappa shape index (κ1) is 36.3. The summed E-state index contributed by atoms with van der Waals surface area (Å²) in [6.07, 6.45) is 5.47. The van der Waals surface area contributed by atoms with E-state index in [0.717, 1.165) is 78.0 Å². The Morgan fingerprint density at radius 3 is 1.38 bits per heavy atom. The molecule has 0 amide bonds. The second-order valence-electron chi connectivity index (χ2n) is 14.6. The van der Waals surface area contributed by atoms with E-state index in [1.807, 2.05) is 30.5 Å². The van der Waals surface area contributed by atoms with Crippen LogP contribution in [-0.4, -0.2) is 50.3 Å². The molecular formula is C53H33N7Se. The van der Waals surface area contributed by atoms with Crippen molar-refractivity contribution in [2.24, 2.45) is 0 Å². The van der Waals surface area contributed by atoms with Crippen molar-refractivity contribution in [1.29, 1.82) is 0 Å². The number of pyridine rings is 1. The molecule has 286 valence electrons. The molecule has 0 unspecified atom stereocenters. The second kappa shape index (κ2) is 15.8. The van der Waals surface area contributed by atoms with Gasteiger partial charge in [0.1, 0.15) is 0 Å². The molecular weight excluding hydrogens is 814 g/mol. The van der Waals surface area contributed by atoms with Crippen LogP contribution in [0.2, 0.25) is 0 Å². The fourth-order valence-electron chi connectivity index (χ4n) is 8.58. The molecule has 61 heavy (non-hydrogen) atoms. The van der Waals surface area contributed by atoms with E-state index in [4.69, 9.17) is 15.2 Å². The molecule has 8 heteroatoms. The number of nitrogens with zero attached hydrogens (tertiary/aromatic N) is 7. The van der Waals surface area contributed by atoms with Crippen LogP contribution in [0, 0.1) is 0 Å². The van der Waals surface area contributed by atoms with E-state index in [2.05, 4.69) is 178 Å². The fourth-order valence-corrected chi connectivity index (χ4v) is 11.6. The molecule has 0 atom stereocenters. The maximum absolute atomic E-state index is 5.61. The summed E-state index contributed by atoms with van der Waals surface area (Å²) in [6.45, 7) is 0. The zero-order valence-corrected chi connectivity index (χ0v) is 34.3. The average Bonchev–Trinajstić information content (AvgIpc) is 3.74. The molecule has 11 aromatic rings. The van der Waals surface area contributed by atoms with Crippen molar-refractivity contribution in [3.05, 3.63) is 201 Å². The number of aromatic nitrogens is 7. The van der Waals surface area contributed by atoms with E-state index >= 15 is 0 Å². The number of benzene rings is 7. The van der Waals surface area contributed by atoms with E-state index < -0.39 is 0 Å². The summed E-state index contributed by atoms with van der Waals surface area (Å²) < 4.78 is 2.57. The Labute approximate surface area is 357 Å². The van der Waals surface area contributed by atoms with Crippen LogP contribution in [0.1, 0.15) is 0 Å². The maximum atomic E-state index is 5.61. The van der Waals surface area contributed by atoms with Crippen LogP contribution in [0.3, 0.4) is 0 Å². The zero-order valence-electron chi connectivity index (χ0n) is 32.6. The van der Waals surface area contributed by atoms with E-state index in [0.29, 0.717) is 5.69 Å². The van der Waals surface area contributed by atoms with Gasteiger partial charge in [-0.25, -0.2) is 0 Å². The topological polar surface area (TPSA) is 90.2 Å². The normalized spacial score (nSPS) is 11.3. The summed E-state index contributed by atoms with van der Waals surface area (Å²) in [5, 5.41) is 28.7. The first-order valence-electron chi connectivity index (χ1n) is 20.0. The first-order valence-corrected chi connectivity index (χ1v) is 21.7. The Morgan fingerprint density at radius 1 is 0.344 bits per heavy atom. The quantitative estimate of drug-likeness (QED) is 0.141. The first-order chi connectivity index (χ1) is 30.3. The van der Waals surface area contributed by atoms with Gasteiger partial charge in [-0.15, -0.1) is 0 Å². The van der Waals surface area contributed by atoms with Crippen LogP contribution in [0.25, 0.3) is 109 Å². The molecule has 4 aromatic heterocycles. The van der Waals surface area contributed by atoms with Crippen molar-refractivity contribution in [2.45, 2.75) is 0 Å². The molecule has 0 aliphatic heterocycles. The molecule has 0 N–H and O–H groups in total. The van der Waals surface area contributed by atoms with E-state index in [-0.39, 0.29) is 14.5 Å². The van der Waals surface area contributed by atoms with Crippen LogP contribution in [0.15, 0.2) is 201 Å². The van der Waals surface area contributed by atoms with Gasteiger partial charge >= 0.3 is 360 Å². The monoisotopic (exact) mass is 847 g/mol. The zero-order chi connectivity index (χ0) is 40.5. The Bertz CT molecular complexity index is 3310. The summed E-state index contributed by atoms with van der Waals surface area (Å²) in [4.78, 5) is 5.61. The fraction of sp³-hybridized carbons (Fsp3) is 0. The SMILES string of the molecule is c1ccc(-c2cnc(-c3c(-c4ccccc4)c(-c4ccnnn4)c(-c4ccccc4)c4[se]c5c(-c6ccccc6)cccc5c34)c(-c3ccnnn3)c2-c2ccccc2)cc1. The molecule has 0 aliphatic rings. The summed E-state index contributed by atoms with van der Waals surface area (Å²) in [5.41, 5.74) is 15.7. The van der Waals surface area contributed by atoms with Gasteiger partial charge in [0.05, 0.1) is 0 Å². The van der Waals surface area contributed by atoms with Crippen molar-refractivity contribution < 1.29 is 0 Å². The van der Waals surface area contributed by atoms with E-state index in [1.165, 1.54) is 25.0 Å². The third-order valence-electron chi connectivity index (χ3n) is 11.1. The Balaban J connectivity index is 1.42. The van der Waals surface area contributed by atoms with Gasteiger partial charge < -0.3 is 0 Å². The summed E-state index contributed by atoms with van der Waals surface area (Å²) >= 11 is -0.148. The molecule has 0 saturated heterocycles. The Kier molecular flexibility index (Phi) is 9.39. The number of fused-ring (bicyclic) bond motifs is 3. The van der Waals surface area contributed by atoms with Gasteiger partial charge in [-0.05, 0) is 0 Å². The summed E-state index contributed by atoms with van der Waals surface area (Å²) in [7, 11) is 0. The molecule has 0 bridgehead atoms. The van der Waals surface area contributed by atoms with Gasteiger partial charge in [0.15, 0.2) is 0 Å². The average molecular weight is 847 g/mol. The van der Waals surface area contributed by atoms with E-state index in [9.17, 15) is 0 Å². The molecule has 0 fully saturated rings. The second-order valence-corrected chi connectivity index (χ2v) is 16.7. The molecule has 0 saturated carbocycles. The number of hydrogen-bond donors (Lipinski definition) is 0. The predicted octanol–water partition coefficient (Wildman–Crippen LogP) is 12.2. The van der Waals surface area contributed by atoms with Gasteiger partial charge in [-0.3, -0.25) is 0 Å². The minimum absolute atomic E-state index is 0.148. The van der Waals surface area contributed by atoms with Gasteiger partial charge in [0.25, 0.3) is 0 Å². The molecule has 7 nitrogen and oxygen atoms in total. The van der Waals surface area contributed by atoms with Crippen molar-refractivity contribution in [3.8, 4) is 89.4 Å². The number of hydrogen-bond acceptors (Lipinski definition) is 7. The molecule has 0 aliphatic carbocycles. The molecule has 7 aromatic carbocycles. The Morgan fingerprint density at radius 2 is 0.836 bits per heavy atom. The third kappa shape index (κ3) is 6.42. The van der Waals surface area contributed by atoms with Crippen molar-refractivity contribution in [2.75, 3.05) is 0 Å². The van der Waals surface area contributed by atoms with Crippen LogP contribution in [0.5, 0.6) is 0 Å². The van der Waals surface area contributed by atoms with Crippen LogP contribution < -0.4 is 0 Å². The third-order valence-corrected chi connectivity index (χ3v) is 13.8. The minimum atomic E-state index is -0.148.